The van der Waals surface area contributed by atoms with Crippen molar-refractivity contribution in [3.8, 4) is 11.6 Å². The minimum atomic E-state index is -0.346. The van der Waals surface area contributed by atoms with Gasteiger partial charge < -0.3 is 4.74 Å². The fourth-order valence-electron chi connectivity index (χ4n) is 2.49. The Morgan fingerprint density at radius 1 is 1.43 bits per heavy atom. The standard InChI is InChI=1S/C14H15N7O2/c1-20-14(22)21(19-18-20)12-7-15-6-10(9-2-3-9)11(12)8-23-13-4-5-16-17-13/h4-7,9H,2-3,8H2,1H3,(H,16,17)/i/hT. The monoisotopic (exact) mass is 315 g/mol. The quantitative estimate of drug-likeness (QED) is 0.737. The number of rotatable bonds is 5. The lowest BCUT2D eigenvalue weighted by Crippen LogP contribution is -2.23. The van der Waals surface area contributed by atoms with Crippen LogP contribution in [0.4, 0.5) is 0 Å². The first-order valence-electron chi connectivity index (χ1n) is 7.72. The van der Waals surface area contributed by atoms with Crippen molar-refractivity contribution < 1.29 is 6.15 Å². The number of pyridine rings is 1. The molecule has 1 aliphatic carbocycles. The summed E-state index contributed by atoms with van der Waals surface area (Å²) in [4.78, 5) is 16.4. The molecule has 0 aromatic carbocycles. The molecule has 0 amide bonds. The average Bonchev–Trinajstić information content (AvgIpc) is 3.27. The first-order valence-corrected chi connectivity index (χ1v) is 7.27. The van der Waals surface area contributed by atoms with Gasteiger partial charge in [0.2, 0.25) is 5.88 Å². The zero-order valence-corrected chi connectivity index (χ0v) is 12.5. The highest BCUT2D eigenvalue weighted by Crippen LogP contribution is 2.42. The summed E-state index contributed by atoms with van der Waals surface area (Å²) in [5.74, 6) is 0.776. The van der Waals surface area contributed by atoms with E-state index >= 15 is 0 Å². The van der Waals surface area contributed by atoms with E-state index < -0.39 is 0 Å². The Morgan fingerprint density at radius 3 is 2.96 bits per heavy atom. The Balaban J connectivity index is 1.74. The molecule has 3 heterocycles. The smallest absolute Gasteiger partial charge is 0.368 e. The second-order valence-corrected chi connectivity index (χ2v) is 5.46. The topological polar surface area (TPSA) is 104 Å². The van der Waals surface area contributed by atoms with E-state index in [1.807, 2.05) is 6.20 Å². The molecule has 3 aromatic heterocycles. The molecule has 3 aromatic rings. The van der Waals surface area contributed by atoms with Gasteiger partial charge in [-0.2, -0.15) is 9.36 Å². The van der Waals surface area contributed by atoms with Crippen LogP contribution in [-0.4, -0.2) is 35.0 Å². The maximum atomic E-state index is 12.2. The van der Waals surface area contributed by atoms with Gasteiger partial charge in [0.1, 0.15) is 6.61 Å². The SMILES string of the molecule is [3H]n1ccc(OCc2c(C3CC3)cncc2-n2nnn(C)c2=O)n1. The molecule has 1 fully saturated rings. The van der Waals surface area contributed by atoms with Crippen LogP contribution in [0.5, 0.6) is 5.88 Å². The summed E-state index contributed by atoms with van der Waals surface area (Å²) in [6.07, 6.45) is 7.07. The maximum Gasteiger partial charge on any atom is 0.368 e. The van der Waals surface area contributed by atoms with Gasteiger partial charge in [0, 0.05) is 31.1 Å². The second-order valence-electron chi connectivity index (χ2n) is 5.46. The molecule has 4 rings (SSSR count). The largest absolute Gasteiger partial charge is 0.472 e. The Bertz CT molecular complexity index is 941. The van der Waals surface area contributed by atoms with E-state index in [0.717, 1.165) is 33.7 Å². The van der Waals surface area contributed by atoms with E-state index in [2.05, 4.69) is 20.5 Å². The second kappa shape index (κ2) is 5.34. The van der Waals surface area contributed by atoms with Crippen molar-refractivity contribution in [2.45, 2.75) is 25.4 Å². The van der Waals surface area contributed by atoms with E-state index in [9.17, 15) is 4.79 Å². The van der Waals surface area contributed by atoms with Crippen LogP contribution in [0.15, 0.2) is 29.5 Å². The molecule has 0 radical (unpaired) electrons. The van der Waals surface area contributed by atoms with Crippen molar-refractivity contribution in [1.82, 2.24) is 35.0 Å². The summed E-state index contributed by atoms with van der Waals surface area (Å²) in [6, 6.07) is 1.61. The number of tetrazole rings is 1. The summed E-state index contributed by atoms with van der Waals surface area (Å²) < 4.78 is 15.5. The number of hydrogen-bond acceptors (Lipinski definition) is 6. The molecule has 23 heavy (non-hydrogen) atoms. The number of aromatic nitrogens is 7. The molecule has 118 valence electrons. The van der Waals surface area contributed by atoms with Gasteiger partial charge in [-0.25, -0.2) is 4.79 Å². The molecule has 1 aliphatic rings. The predicted octanol–water partition coefficient (Wildman–Crippen LogP) is 0.540. The Labute approximate surface area is 132 Å². The Hall–Kier alpha value is -2.97. The van der Waals surface area contributed by atoms with Gasteiger partial charge in [-0.05, 0) is 34.7 Å². The molecule has 1 saturated carbocycles. The van der Waals surface area contributed by atoms with Crippen LogP contribution >= 0.6 is 0 Å². The molecule has 0 spiro atoms. The summed E-state index contributed by atoms with van der Waals surface area (Å²) in [5, 5.41) is 12.5. The molecule has 0 unspecified atom stereocenters. The van der Waals surface area contributed by atoms with Crippen molar-refractivity contribution in [3.63, 3.8) is 0 Å². The van der Waals surface area contributed by atoms with E-state index in [1.54, 1.807) is 19.3 Å². The van der Waals surface area contributed by atoms with E-state index in [4.69, 9.17) is 6.15 Å². The fourth-order valence-corrected chi connectivity index (χ4v) is 2.49. The third-order valence-corrected chi connectivity index (χ3v) is 3.84. The molecular weight excluding hydrogens is 298 g/mol. The van der Waals surface area contributed by atoms with Crippen LogP contribution in [0.2, 0.25) is 1.41 Å². The zero-order valence-electron chi connectivity index (χ0n) is 13.5. The van der Waals surface area contributed by atoms with Gasteiger partial charge in [-0.3, -0.25) is 10.1 Å². The lowest BCUT2D eigenvalue weighted by molar-refractivity contribution is 0.291. The third-order valence-electron chi connectivity index (χ3n) is 3.84. The van der Waals surface area contributed by atoms with Crippen molar-refractivity contribution in [1.29, 1.82) is 0 Å². The van der Waals surface area contributed by atoms with Gasteiger partial charge in [-0.1, -0.05) is 0 Å². The Kier molecular flexibility index (Phi) is 2.92. The number of aryl methyl sites for hydroxylation is 1. The molecule has 0 saturated heterocycles. The highest BCUT2D eigenvalue weighted by atomic mass is 16.5. The first kappa shape index (κ1) is 12.6. The normalized spacial score (nSPS) is 14.7. The highest BCUT2D eigenvalue weighted by Gasteiger charge is 2.29. The summed E-state index contributed by atoms with van der Waals surface area (Å²) in [7, 11) is 1.54. The van der Waals surface area contributed by atoms with E-state index in [-0.39, 0.29) is 12.3 Å². The maximum absolute atomic E-state index is 12.2. The number of ether oxygens (including phenoxy) is 1. The first-order chi connectivity index (χ1) is 11.6. The highest BCUT2D eigenvalue weighted by molar-refractivity contribution is 5.45. The van der Waals surface area contributed by atoms with E-state index in [0.29, 0.717) is 17.5 Å². The lowest BCUT2D eigenvalue weighted by atomic mass is 10.1. The minimum absolute atomic E-state index is 0.212. The number of nitrogens with zero attached hydrogens (tertiary/aromatic N) is 6. The summed E-state index contributed by atoms with van der Waals surface area (Å²) >= 11 is 0. The number of nitrogens with one attached hydrogen (secondary N) is 1. The number of aromatic amines is 1. The minimum Gasteiger partial charge on any atom is -0.472 e. The lowest BCUT2D eigenvalue weighted by Gasteiger charge is -2.13. The third kappa shape index (κ3) is 2.50. The van der Waals surface area contributed by atoms with Gasteiger partial charge >= 0.3 is 5.69 Å². The Morgan fingerprint density at radius 2 is 2.30 bits per heavy atom. The summed E-state index contributed by atoms with van der Waals surface area (Å²) in [6.45, 7) is 0.212. The van der Waals surface area contributed by atoms with Crippen LogP contribution in [0.3, 0.4) is 0 Å². The molecule has 9 nitrogen and oxygen atoms in total. The fraction of sp³-hybridized carbons (Fsp3) is 0.357. The molecule has 0 atom stereocenters. The van der Waals surface area contributed by atoms with Gasteiger partial charge in [0.05, 0.1) is 11.9 Å². The average molecular weight is 315 g/mol. The van der Waals surface area contributed by atoms with Crippen molar-refractivity contribution in [3.05, 3.63) is 46.3 Å². The van der Waals surface area contributed by atoms with Crippen LogP contribution in [0.25, 0.3) is 5.69 Å². The van der Waals surface area contributed by atoms with Crippen molar-refractivity contribution >= 4 is 0 Å². The van der Waals surface area contributed by atoms with Gasteiger partial charge in [-0.15, -0.1) is 5.10 Å². The van der Waals surface area contributed by atoms with Crippen LogP contribution in [0.1, 0.15) is 29.9 Å². The van der Waals surface area contributed by atoms with E-state index in [1.165, 1.54) is 10.9 Å². The molecule has 0 aliphatic heterocycles. The molecular formula is C14H15N7O2. The van der Waals surface area contributed by atoms with Crippen LogP contribution in [-0.2, 0) is 13.7 Å². The summed E-state index contributed by atoms with van der Waals surface area (Å²) in [5.41, 5.74) is 2.11. The molecule has 1 N–H and O–H groups in total. The van der Waals surface area contributed by atoms with Gasteiger partial charge in [0.15, 0.2) is 1.41 Å². The predicted molar refractivity (Wildman–Crippen MR) is 79.3 cm³/mol. The zero-order chi connectivity index (χ0) is 16.7. The molecule has 9 heteroatoms. The van der Waals surface area contributed by atoms with Crippen molar-refractivity contribution in [2.75, 3.05) is 0 Å². The van der Waals surface area contributed by atoms with Gasteiger partial charge in [0.25, 0.3) is 0 Å². The number of H-pyrrole nitrogens is 1. The van der Waals surface area contributed by atoms with Crippen LogP contribution < -0.4 is 10.4 Å². The number of hydrogen-bond donors (Lipinski definition) is 1. The molecule has 0 bridgehead atoms. The van der Waals surface area contributed by atoms with Crippen molar-refractivity contribution in [2.24, 2.45) is 7.05 Å². The van der Waals surface area contributed by atoms with Crippen LogP contribution in [0, 0.1) is 0 Å².